The van der Waals surface area contributed by atoms with Crippen LogP contribution in [0.2, 0.25) is 0 Å². The molecule has 2 aromatic carbocycles. The monoisotopic (exact) mass is 457 g/mol. The fraction of sp³-hybridized carbons (Fsp3) is 0.333. The van der Waals surface area contributed by atoms with E-state index in [1.165, 1.54) is 6.33 Å². The first kappa shape index (κ1) is 22.4. The van der Waals surface area contributed by atoms with E-state index in [1.54, 1.807) is 0 Å². The van der Waals surface area contributed by atoms with Gasteiger partial charge in [-0.2, -0.15) is 0 Å². The highest BCUT2D eigenvalue weighted by atomic mass is 16.5. The lowest BCUT2D eigenvalue weighted by molar-refractivity contribution is -0.0256. The molecule has 0 radical (unpaired) electrons. The summed E-state index contributed by atoms with van der Waals surface area (Å²) in [5, 5.41) is 11.8. The van der Waals surface area contributed by atoms with Crippen molar-refractivity contribution in [3.05, 3.63) is 67.1 Å². The molecule has 2 heterocycles. The van der Waals surface area contributed by atoms with Crippen LogP contribution in [0.15, 0.2) is 67.1 Å². The van der Waals surface area contributed by atoms with Crippen LogP contribution in [0.1, 0.15) is 31.7 Å². The lowest BCUT2D eigenvalue weighted by Gasteiger charge is -2.38. The van der Waals surface area contributed by atoms with Gasteiger partial charge in [-0.15, -0.1) is 0 Å². The molecule has 176 valence electrons. The number of nitrogens with zero attached hydrogens (tertiary/aromatic N) is 4. The molecule has 1 aliphatic rings. The third-order valence-electron chi connectivity index (χ3n) is 6.67. The maximum Gasteiger partial charge on any atom is 0.146 e. The van der Waals surface area contributed by atoms with E-state index in [9.17, 15) is 5.11 Å². The molecular formula is C27H31N5O2. The average Bonchev–Trinajstić information content (AvgIpc) is 3.21. The van der Waals surface area contributed by atoms with Gasteiger partial charge in [0.1, 0.15) is 29.3 Å². The molecule has 0 saturated heterocycles. The number of aliphatic hydroxyl groups is 1. The van der Waals surface area contributed by atoms with E-state index in [0.29, 0.717) is 12.4 Å². The van der Waals surface area contributed by atoms with E-state index in [-0.39, 0.29) is 6.04 Å². The SMILES string of the molecule is CN(C)CC1(O)CCC(n2cc(-c3ccc(Oc4ccccc4)cc3)c3c(N)ncnc32)CC1. The minimum absolute atomic E-state index is 0.258. The van der Waals surface area contributed by atoms with Gasteiger partial charge in [0, 0.05) is 24.3 Å². The second-order valence-electron chi connectivity index (χ2n) is 9.54. The smallest absolute Gasteiger partial charge is 0.146 e. The molecule has 7 heteroatoms. The molecular weight excluding hydrogens is 426 g/mol. The predicted molar refractivity (Wildman–Crippen MR) is 135 cm³/mol. The average molecular weight is 458 g/mol. The second kappa shape index (κ2) is 9.08. The highest BCUT2D eigenvalue weighted by molar-refractivity contribution is 6.00. The standard InChI is InChI=1S/C27H31N5O2/c1-31(2)17-27(33)14-12-20(13-15-27)32-16-23(24-25(28)29-18-30-26(24)32)19-8-10-22(11-9-19)34-21-6-4-3-5-7-21/h3-11,16,18,20,33H,12-15,17H2,1-2H3,(H2,28,29,30). The summed E-state index contributed by atoms with van der Waals surface area (Å²) >= 11 is 0. The molecule has 5 rings (SSSR count). The summed E-state index contributed by atoms with van der Waals surface area (Å²) in [6.07, 6.45) is 6.97. The van der Waals surface area contributed by atoms with Crippen molar-refractivity contribution in [2.75, 3.05) is 26.4 Å². The number of nitrogen functional groups attached to an aromatic ring is 1. The molecule has 0 atom stereocenters. The van der Waals surface area contributed by atoms with E-state index in [4.69, 9.17) is 10.5 Å². The summed E-state index contributed by atoms with van der Waals surface area (Å²) in [5.41, 5.74) is 8.59. The molecule has 1 saturated carbocycles. The van der Waals surface area contributed by atoms with E-state index in [0.717, 1.165) is 59.3 Å². The Kier molecular flexibility index (Phi) is 5.98. The number of anilines is 1. The number of aromatic nitrogens is 3. The first-order chi connectivity index (χ1) is 16.4. The molecule has 4 aromatic rings. The highest BCUT2D eigenvalue weighted by Crippen LogP contribution is 2.41. The van der Waals surface area contributed by atoms with E-state index in [2.05, 4.69) is 25.6 Å². The van der Waals surface area contributed by atoms with Gasteiger partial charge in [0.2, 0.25) is 0 Å². The van der Waals surface area contributed by atoms with Crippen LogP contribution < -0.4 is 10.5 Å². The van der Waals surface area contributed by atoms with E-state index in [1.807, 2.05) is 68.7 Å². The first-order valence-electron chi connectivity index (χ1n) is 11.7. The lowest BCUT2D eigenvalue weighted by atomic mass is 9.82. The maximum absolute atomic E-state index is 11.0. The molecule has 0 aliphatic heterocycles. The zero-order valence-electron chi connectivity index (χ0n) is 19.7. The number of benzene rings is 2. The first-order valence-corrected chi connectivity index (χ1v) is 11.7. The van der Waals surface area contributed by atoms with Gasteiger partial charge < -0.3 is 25.0 Å². The molecule has 0 amide bonds. The normalized spacial score (nSPS) is 20.6. The summed E-state index contributed by atoms with van der Waals surface area (Å²) in [6, 6.07) is 18.0. The number of rotatable bonds is 6. The Bertz CT molecular complexity index is 1260. The van der Waals surface area contributed by atoms with Gasteiger partial charge in [-0.3, -0.25) is 0 Å². The predicted octanol–water partition coefficient (Wildman–Crippen LogP) is 4.88. The Hall–Kier alpha value is -3.42. The van der Waals surface area contributed by atoms with Gasteiger partial charge in [-0.05, 0) is 69.6 Å². The van der Waals surface area contributed by atoms with Crippen LogP contribution in [0.4, 0.5) is 5.82 Å². The van der Waals surface area contributed by atoms with Crippen molar-refractivity contribution < 1.29 is 9.84 Å². The van der Waals surface area contributed by atoms with Crippen molar-refractivity contribution in [2.45, 2.75) is 37.3 Å². The Balaban J connectivity index is 1.44. The molecule has 0 unspecified atom stereocenters. The van der Waals surface area contributed by atoms with Gasteiger partial charge in [-0.25, -0.2) is 9.97 Å². The quantitative estimate of drug-likeness (QED) is 0.429. The van der Waals surface area contributed by atoms with Crippen LogP contribution in [0.5, 0.6) is 11.5 Å². The van der Waals surface area contributed by atoms with Crippen LogP contribution in [-0.4, -0.2) is 50.8 Å². The highest BCUT2D eigenvalue weighted by Gasteiger charge is 2.35. The van der Waals surface area contributed by atoms with Crippen molar-refractivity contribution in [3.63, 3.8) is 0 Å². The van der Waals surface area contributed by atoms with Crippen molar-refractivity contribution in [1.82, 2.24) is 19.4 Å². The number of hydrogen-bond acceptors (Lipinski definition) is 6. The van der Waals surface area contributed by atoms with Crippen LogP contribution in [0, 0.1) is 0 Å². The van der Waals surface area contributed by atoms with Gasteiger partial charge in [0.05, 0.1) is 11.0 Å². The fourth-order valence-electron chi connectivity index (χ4n) is 5.10. The lowest BCUT2D eigenvalue weighted by Crippen LogP contribution is -2.43. The summed E-state index contributed by atoms with van der Waals surface area (Å²) in [4.78, 5) is 10.9. The summed E-state index contributed by atoms with van der Waals surface area (Å²) in [7, 11) is 4.01. The van der Waals surface area contributed by atoms with Gasteiger partial charge in [0.25, 0.3) is 0 Å². The molecule has 0 bridgehead atoms. The number of ether oxygens (including phenoxy) is 1. The Morgan fingerprint density at radius 1 is 1.03 bits per heavy atom. The zero-order valence-corrected chi connectivity index (χ0v) is 19.7. The van der Waals surface area contributed by atoms with Crippen molar-refractivity contribution in [2.24, 2.45) is 0 Å². The number of hydrogen-bond donors (Lipinski definition) is 2. The Labute approximate surface area is 199 Å². The Morgan fingerprint density at radius 2 is 1.71 bits per heavy atom. The van der Waals surface area contributed by atoms with Crippen LogP contribution >= 0.6 is 0 Å². The molecule has 1 fully saturated rings. The van der Waals surface area contributed by atoms with Gasteiger partial charge >= 0.3 is 0 Å². The number of para-hydroxylation sites is 1. The third kappa shape index (κ3) is 4.49. The van der Waals surface area contributed by atoms with Gasteiger partial charge in [0.15, 0.2) is 0 Å². The molecule has 34 heavy (non-hydrogen) atoms. The maximum atomic E-state index is 11.0. The molecule has 7 nitrogen and oxygen atoms in total. The zero-order chi connectivity index (χ0) is 23.7. The third-order valence-corrected chi connectivity index (χ3v) is 6.67. The van der Waals surface area contributed by atoms with Crippen LogP contribution in [0.25, 0.3) is 22.2 Å². The fourth-order valence-corrected chi connectivity index (χ4v) is 5.10. The van der Waals surface area contributed by atoms with E-state index < -0.39 is 5.60 Å². The van der Waals surface area contributed by atoms with Crippen LogP contribution in [0.3, 0.4) is 0 Å². The Morgan fingerprint density at radius 3 is 2.38 bits per heavy atom. The minimum atomic E-state index is -0.631. The van der Waals surface area contributed by atoms with Crippen LogP contribution in [-0.2, 0) is 0 Å². The van der Waals surface area contributed by atoms with Crippen molar-refractivity contribution in [1.29, 1.82) is 0 Å². The van der Waals surface area contributed by atoms with Crippen molar-refractivity contribution >= 4 is 16.9 Å². The summed E-state index contributed by atoms with van der Waals surface area (Å²) in [6.45, 7) is 0.684. The number of likely N-dealkylation sites (N-methyl/N-ethyl adjacent to an activating group) is 1. The summed E-state index contributed by atoms with van der Waals surface area (Å²) in [5.74, 6) is 2.05. The molecule has 2 aromatic heterocycles. The largest absolute Gasteiger partial charge is 0.457 e. The number of fused-ring (bicyclic) bond motifs is 1. The van der Waals surface area contributed by atoms with Crippen molar-refractivity contribution in [3.8, 4) is 22.6 Å². The topological polar surface area (TPSA) is 89.4 Å². The second-order valence-corrected chi connectivity index (χ2v) is 9.54. The molecule has 3 N–H and O–H groups in total. The van der Waals surface area contributed by atoms with Gasteiger partial charge in [-0.1, -0.05) is 30.3 Å². The van der Waals surface area contributed by atoms with E-state index >= 15 is 0 Å². The molecule has 1 aliphatic carbocycles. The summed E-state index contributed by atoms with van der Waals surface area (Å²) < 4.78 is 8.17. The minimum Gasteiger partial charge on any atom is -0.457 e. The number of nitrogens with two attached hydrogens (primary N) is 1. The molecule has 0 spiro atoms.